The highest BCUT2D eigenvalue weighted by atomic mass is 16.7. The lowest BCUT2D eigenvalue weighted by molar-refractivity contribution is -0.120. The molecule has 1 aliphatic rings. The van der Waals surface area contributed by atoms with Gasteiger partial charge in [0.2, 0.25) is 5.91 Å². The zero-order valence-corrected chi connectivity index (χ0v) is 10.4. The molecule has 2 N–H and O–H groups in total. The number of aromatic nitrogens is 2. The van der Waals surface area contributed by atoms with Crippen molar-refractivity contribution in [1.29, 1.82) is 0 Å². The van der Waals surface area contributed by atoms with Gasteiger partial charge < -0.3 is 14.8 Å². The molecular weight excluding hydrogens is 246 g/mol. The molecule has 1 aromatic carbocycles. The van der Waals surface area contributed by atoms with Crippen LogP contribution in [0.5, 0.6) is 0 Å². The van der Waals surface area contributed by atoms with E-state index in [-0.39, 0.29) is 18.4 Å². The van der Waals surface area contributed by atoms with E-state index in [1.807, 2.05) is 24.3 Å². The number of aromatic amines is 1. The minimum Gasteiger partial charge on any atom is -0.353 e. The molecule has 1 fully saturated rings. The molecule has 0 aliphatic carbocycles. The average Bonchev–Trinajstić information content (AvgIpc) is 3.07. The summed E-state index contributed by atoms with van der Waals surface area (Å²) in [6.45, 7) is 1.32. The summed E-state index contributed by atoms with van der Waals surface area (Å²) in [6.07, 6.45) is 0.246. The van der Waals surface area contributed by atoms with E-state index in [0.717, 1.165) is 16.6 Å². The minimum absolute atomic E-state index is 0.0394. The van der Waals surface area contributed by atoms with E-state index < -0.39 is 0 Å². The monoisotopic (exact) mass is 261 g/mol. The Balaban J connectivity index is 1.59. The number of ether oxygens (including phenoxy) is 2. The highest BCUT2D eigenvalue weighted by Crippen LogP contribution is 2.15. The Labute approximate surface area is 110 Å². The lowest BCUT2D eigenvalue weighted by Gasteiger charge is -2.08. The quantitative estimate of drug-likeness (QED) is 0.844. The number of benzene rings is 1. The number of H-pyrrole nitrogens is 1. The van der Waals surface area contributed by atoms with Gasteiger partial charge in [0.05, 0.1) is 24.2 Å². The number of rotatable bonds is 4. The molecule has 2 aromatic rings. The van der Waals surface area contributed by atoms with Gasteiger partial charge in [0, 0.05) is 11.9 Å². The molecule has 1 aliphatic heterocycles. The number of carbonyl (C=O) groups is 1. The molecule has 0 spiro atoms. The Hall–Kier alpha value is -1.92. The van der Waals surface area contributed by atoms with Gasteiger partial charge >= 0.3 is 0 Å². The highest BCUT2D eigenvalue weighted by molar-refractivity contribution is 5.87. The summed E-state index contributed by atoms with van der Waals surface area (Å²) in [7, 11) is 0. The number of nitrogens with zero attached hydrogens (tertiary/aromatic N) is 1. The van der Waals surface area contributed by atoms with Crippen LogP contribution in [0.1, 0.15) is 5.69 Å². The molecule has 3 rings (SSSR count). The fourth-order valence-corrected chi connectivity index (χ4v) is 2.09. The van der Waals surface area contributed by atoms with Crippen molar-refractivity contribution < 1.29 is 14.3 Å². The van der Waals surface area contributed by atoms with E-state index in [1.165, 1.54) is 0 Å². The van der Waals surface area contributed by atoms with Crippen molar-refractivity contribution in [3.05, 3.63) is 30.0 Å². The summed E-state index contributed by atoms with van der Waals surface area (Å²) >= 11 is 0. The second kappa shape index (κ2) is 5.38. The van der Waals surface area contributed by atoms with Crippen molar-refractivity contribution in [2.75, 3.05) is 19.9 Å². The lowest BCUT2D eigenvalue weighted by Crippen LogP contribution is -2.34. The fraction of sp³-hybridized carbons (Fsp3) is 0.385. The van der Waals surface area contributed by atoms with Gasteiger partial charge in [-0.1, -0.05) is 18.2 Å². The molecule has 0 radical (unpaired) electrons. The van der Waals surface area contributed by atoms with E-state index in [0.29, 0.717) is 19.9 Å². The number of carbonyl (C=O) groups excluding carboxylic acids is 1. The standard InChI is InChI=1S/C13H15N3O3/c17-13(14-6-9-7-18-8-19-9)5-12-10-3-1-2-4-11(10)15-16-12/h1-4,9H,5-8H2,(H,14,17)(H,15,16). The molecule has 1 unspecified atom stereocenters. The molecule has 100 valence electrons. The maximum absolute atomic E-state index is 11.9. The van der Waals surface area contributed by atoms with E-state index in [1.54, 1.807) is 0 Å². The van der Waals surface area contributed by atoms with Gasteiger partial charge in [-0.3, -0.25) is 9.89 Å². The summed E-state index contributed by atoms with van der Waals surface area (Å²) in [4.78, 5) is 11.9. The van der Waals surface area contributed by atoms with E-state index in [4.69, 9.17) is 9.47 Å². The smallest absolute Gasteiger partial charge is 0.226 e. The first-order valence-electron chi connectivity index (χ1n) is 6.21. The van der Waals surface area contributed by atoms with Crippen LogP contribution < -0.4 is 5.32 Å². The van der Waals surface area contributed by atoms with Gasteiger partial charge in [0.1, 0.15) is 12.9 Å². The molecule has 1 saturated heterocycles. The third-order valence-electron chi connectivity index (χ3n) is 3.10. The molecule has 1 amide bonds. The number of nitrogens with one attached hydrogen (secondary N) is 2. The first-order valence-corrected chi connectivity index (χ1v) is 6.21. The van der Waals surface area contributed by atoms with Crippen LogP contribution in [0.4, 0.5) is 0 Å². The van der Waals surface area contributed by atoms with Crippen LogP contribution in [-0.4, -0.2) is 42.2 Å². The van der Waals surface area contributed by atoms with Crippen LogP contribution in [0, 0.1) is 0 Å². The third-order valence-corrected chi connectivity index (χ3v) is 3.10. The van der Waals surface area contributed by atoms with Gasteiger partial charge in [0.15, 0.2) is 0 Å². The van der Waals surface area contributed by atoms with E-state index in [9.17, 15) is 4.79 Å². The van der Waals surface area contributed by atoms with E-state index >= 15 is 0 Å². The normalized spacial score (nSPS) is 18.8. The minimum atomic E-state index is -0.0510. The topological polar surface area (TPSA) is 76.2 Å². The maximum atomic E-state index is 11.9. The van der Waals surface area contributed by atoms with Gasteiger partial charge in [-0.2, -0.15) is 5.10 Å². The highest BCUT2D eigenvalue weighted by Gasteiger charge is 2.17. The van der Waals surface area contributed by atoms with Crippen LogP contribution >= 0.6 is 0 Å². The average molecular weight is 261 g/mol. The van der Waals surface area contributed by atoms with Crippen molar-refractivity contribution in [3.63, 3.8) is 0 Å². The second-order valence-electron chi connectivity index (χ2n) is 4.48. The lowest BCUT2D eigenvalue weighted by atomic mass is 10.1. The Morgan fingerprint density at radius 1 is 1.47 bits per heavy atom. The van der Waals surface area contributed by atoms with Gasteiger partial charge in [-0.25, -0.2) is 0 Å². The molecule has 1 atom stereocenters. The summed E-state index contributed by atoms with van der Waals surface area (Å²) in [6, 6.07) is 7.72. The molecule has 2 heterocycles. The van der Waals surface area contributed by atoms with Crippen LogP contribution in [0.25, 0.3) is 10.9 Å². The second-order valence-corrected chi connectivity index (χ2v) is 4.48. The number of hydrogen-bond acceptors (Lipinski definition) is 4. The van der Waals surface area contributed by atoms with Crippen molar-refractivity contribution in [3.8, 4) is 0 Å². The zero-order chi connectivity index (χ0) is 13.1. The Morgan fingerprint density at radius 2 is 2.37 bits per heavy atom. The summed E-state index contributed by atoms with van der Waals surface area (Å²) < 4.78 is 10.3. The zero-order valence-electron chi connectivity index (χ0n) is 10.4. The number of hydrogen-bond donors (Lipinski definition) is 2. The summed E-state index contributed by atoms with van der Waals surface area (Å²) in [5.41, 5.74) is 1.70. The predicted molar refractivity (Wildman–Crippen MR) is 68.5 cm³/mol. The van der Waals surface area contributed by atoms with Gasteiger partial charge in [0.25, 0.3) is 0 Å². The van der Waals surface area contributed by atoms with Crippen molar-refractivity contribution >= 4 is 16.8 Å². The molecular formula is C13H15N3O3. The number of amides is 1. The van der Waals surface area contributed by atoms with Crippen LogP contribution in [0.3, 0.4) is 0 Å². The first-order chi connectivity index (χ1) is 9.33. The maximum Gasteiger partial charge on any atom is 0.226 e. The molecule has 1 aromatic heterocycles. The largest absolute Gasteiger partial charge is 0.353 e. The van der Waals surface area contributed by atoms with Crippen molar-refractivity contribution in [2.45, 2.75) is 12.5 Å². The van der Waals surface area contributed by atoms with E-state index in [2.05, 4.69) is 15.5 Å². The summed E-state index contributed by atoms with van der Waals surface area (Å²) in [5.74, 6) is -0.0510. The van der Waals surface area contributed by atoms with Crippen LogP contribution in [0.15, 0.2) is 24.3 Å². The fourth-order valence-electron chi connectivity index (χ4n) is 2.09. The molecule has 6 nitrogen and oxygen atoms in total. The third kappa shape index (κ3) is 2.74. The van der Waals surface area contributed by atoms with Crippen LogP contribution in [0.2, 0.25) is 0 Å². The SMILES string of the molecule is O=C(Cc1[nH]nc2ccccc12)NCC1COCO1. The number of fused-ring (bicyclic) bond motifs is 1. The Kier molecular flexibility index (Phi) is 3.43. The molecule has 6 heteroatoms. The van der Waals surface area contributed by atoms with Gasteiger partial charge in [-0.05, 0) is 6.07 Å². The first kappa shape index (κ1) is 12.1. The van der Waals surface area contributed by atoms with Gasteiger partial charge in [-0.15, -0.1) is 0 Å². The Morgan fingerprint density at radius 3 is 3.21 bits per heavy atom. The Bertz CT molecular complexity index is 575. The summed E-state index contributed by atoms with van der Waals surface area (Å²) in [5, 5.41) is 10.9. The molecule has 0 saturated carbocycles. The predicted octanol–water partition coefficient (Wildman–Crippen LogP) is 0.594. The molecule has 19 heavy (non-hydrogen) atoms. The molecule has 0 bridgehead atoms. The van der Waals surface area contributed by atoms with Crippen molar-refractivity contribution in [1.82, 2.24) is 15.5 Å². The van der Waals surface area contributed by atoms with Crippen LogP contribution in [-0.2, 0) is 20.7 Å². The van der Waals surface area contributed by atoms with Crippen molar-refractivity contribution in [2.24, 2.45) is 0 Å². The number of para-hydroxylation sites is 1.